The first kappa shape index (κ1) is 12.9. The summed E-state index contributed by atoms with van der Waals surface area (Å²) in [7, 11) is 0. The van der Waals surface area contributed by atoms with Gasteiger partial charge in [0.05, 0.1) is 0 Å². The van der Waals surface area contributed by atoms with Crippen molar-refractivity contribution in [3.05, 3.63) is 0 Å². The molecule has 0 heterocycles. The van der Waals surface area contributed by atoms with Gasteiger partial charge in [-0.3, -0.25) is 0 Å². The Bertz CT molecular complexity index is 172. The predicted octanol–water partition coefficient (Wildman–Crippen LogP) is 3.72. The predicted molar refractivity (Wildman–Crippen MR) is 59.0 cm³/mol. The van der Waals surface area contributed by atoms with Crippen LogP contribution in [0.4, 0.5) is 8.78 Å². The number of unbranched alkanes of at least 4 members (excludes halogenated alkanes) is 2. The van der Waals surface area contributed by atoms with Gasteiger partial charge in [0.1, 0.15) is 0 Å². The molecule has 0 aromatic rings. The summed E-state index contributed by atoms with van der Waals surface area (Å²) in [6.07, 6.45) is 5.85. The third-order valence-corrected chi connectivity index (χ3v) is 3.51. The number of rotatable bonds is 5. The van der Waals surface area contributed by atoms with Crippen LogP contribution < -0.4 is 5.73 Å². The maximum atomic E-state index is 12.9. The molecule has 0 aromatic heterocycles. The standard InChI is InChI=1S/C12H23F2N/c1-2-3-4-5-11(15)10-6-8-12(13,14)9-7-10/h10-11H,2-9,15H2,1H3. The van der Waals surface area contributed by atoms with Crippen molar-refractivity contribution in [3.8, 4) is 0 Å². The van der Waals surface area contributed by atoms with E-state index >= 15 is 0 Å². The monoisotopic (exact) mass is 219 g/mol. The zero-order chi connectivity index (χ0) is 11.3. The zero-order valence-corrected chi connectivity index (χ0v) is 9.64. The van der Waals surface area contributed by atoms with Crippen molar-refractivity contribution in [1.82, 2.24) is 0 Å². The highest BCUT2D eigenvalue weighted by Crippen LogP contribution is 2.37. The second-order valence-electron chi connectivity index (χ2n) is 4.85. The SMILES string of the molecule is CCCCCC(N)C1CCC(F)(F)CC1. The van der Waals surface area contributed by atoms with Crippen LogP contribution in [0.1, 0.15) is 58.3 Å². The molecule has 1 saturated carbocycles. The van der Waals surface area contributed by atoms with Gasteiger partial charge in [-0.05, 0) is 25.2 Å². The van der Waals surface area contributed by atoms with Crippen LogP contribution >= 0.6 is 0 Å². The fourth-order valence-electron chi connectivity index (χ4n) is 2.36. The first-order valence-corrected chi connectivity index (χ1v) is 6.18. The minimum atomic E-state index is -2.42. The van der Waals surface area contributed by atoms with Gasteiger partial charge in [0, 0.05) is 18.9 Å². The highest BCUT2D eigenvalue weighted by Gasteiger charge is 2.36. The van der Waals surface area contributed by atoms with E-state index in [4.69, 9.17) is 5.73 Å². The van der Waals surface area contributed by atoms with Crippen molar-refractivity contribution in [2.45, 2.75) is 70.3 Å². The minimum Gasteiger partial charge on any atom is -0.327 e. The molecule has 1 fully saturated rings. The van der Waals surface area contributed by atoms with Crippen LogP contribution in [-0.4, -0.2) is 12.0 Å². The lowest BCUT2D eigenvalue weighted by Crippen LogP contribution is -2.36. The van der Waals surface area contributed by atoms with Crippen LogP contribution in [0.15, 0.2) is 0 Å². The number of halogens is 2. The Labute approximate surface area is 91.4 Å². The van der Waals surface area contributed by atoms with Gasteiger partial charge in [-0.25, -0.2) is 8.78 Å². The zero-order valence-electron chi connectivity index (χ0n) is 9.64. The third kappa shape index (κ3) is 4.45. The molecule has 2 N–H and O–H groups in total. The Balaban J connectivity index is 2.21. The fourth-order valence-corrected chi connectivity index (χ4v) is 2.36. The first-order valence-electron chi connectivity index (χ1n) is 6.18. The summed E-state index contributed by atoms with van der Waals surface area (Å²) < 4.78 is 25.8. The van der Waals surface area contributed by atoms with Gasteiger partial charge in [-0.2, -0.15) is 0 Å². The van der Waals surface area contributed by atoms with Gasteiger partial charge in [0.2, 0.25) is 5.92 Å². The molecule has 1 aliphatic rings. The largest absolute Gasteiger partial charge is 0.327 e. The van der Waals surface area contributed by atoms with Gasteiger partial charge in [0.15, 0.2) is 0 Å². The molecule has 0 spiro atoms. The molecule has 1 aliphatic carbocycles. The molecular formula is C12H23F2N. The van der Waals surface area contributed by atoms with Crippen LogP contribution in [0.25, 0.3) is 0 Å². The van der Waals surface area contributed by atoms with Gasteiger partial charge >= 0.3 is 0 Å². The van der Waals surface area contributed by atoms with E-state index in [-0.39, 0.29) is 18.9 Å². The summed E-state index contributed by atoms with van der Waals surface area (Å²) in [5.74, 6) is -2.08. The molecule has 0 saturated heterocycles. The molecule has 0 aromatic carbocycles. The molecule has 1 unspecified atom stereocenters. The van der Waals surface area contributed by atoms with Crippen molar-refractivity contribution < 1.29 is 8.78 Å². The van der Waals surface area contributed by atoms with Gasteiger partial charge in [-0.15, -0.1) is 0 Å². The first-order chi connectivity index (χ1) is 7.05. The Morgan fingerprint density at radius 2 is 1.87 bits per heavy atom. The molecule has 1 atom stereocenters. The second kappa shape index (κ2) is 5.78. The second-order valence-corrected chi connectivity index (χ2v) is 4.85. The van der Waals surface area contributed by atoms with Crippen LogP contribution in [0.5, 0.6) is 0 Å². The van der Waals surface area contributed by atoms with Crippen molar-refractivity contribution in [2.24, 2.45) is 11.7 Å². The van der Waals surface area contributed by atoms with E-state index < -0.39 is 5.92 Å². The maximum absolute atomic E-state index is 12.9. The molecule has 0 aliphatic heterocycles. The Hall–Kier alpha value is -0.180. The average molecular weight is 219 g/mol. The number of alkyl halides is 2. The Morgan fingerprint density at radius 1 is 1.27 bits per heavy atom. The Morgan fingerprint density at radius 3 is 2.40 bits per heavy atom. The summed E-state index contributed by atoms with van der Waals surface area (Å²) in [5, 5.41) is 0. The number of nitrogens with two attached hydrogens (primary N) is 1. The highest BCUT2D eigenvalue weighted by atomic mass is 19.3. The molecule has 0 bridgehead atoms. The molecule has 3 heteroatoms. The fraction of sp³-hybridized carbons (Fsp3) is 1.00. The van der Waals surface area contributed by atoms with E-state index in [0.717, 1.165) is 12.8 Å². The highest BCUT2D eigenvalue weighted by molar-refractivity contribution is 4.83. The van der Waals surface area contributed by atoms with Gasteiger partial charge < -0.3 is 5.73 Å². The summed E-state index contributed by atoms with van der Waals surface area (Å²) in [4.78, 5) is 0. The smallest absolute Gasteiger partial charge is 0.248 e. The van der Waals surface area contributed by atoms with Crippen molar-refractivity contribution in [2.75, 3.05) is 0 Å². The summed E-state index contributed by atoms with van der Waals surface area (Å²) in [5.41, 5.74) is 6.03. The molecule has 0 radical (unpaired) electrons. The lowest BCUT2D eigenvalue weighted by molar-refractivity contribution is -0.0484. The molecule has 90 valence electrons. The molecular weight excluding hydrogens is 196 g/mol. The molecule has 15 heavy (non-hydrogen) atoms. The van der Waals surface area contributed by atoms with E-state index in [0.29, 0.717) is 18.8 Å². The van der Waals surface area contributed by atoms with E-state index in [9.17, 15) is 8.78 Å². The maximum Gasteiger partial charge on any atom is 0.248 e. The molecule has 0 amide bonds. The molecule has 1 nitrogen and oxygen atoms in total. The summed E-state index contributed by atoms with van der Waals surface area (Å²) in [6.45, 7) is 2.16. The van der Waals surface area contributed by atoms with E-state index in [1.54, 1.807) is 0 Å². The topological polar surface area (TPSA) is 26.0 Å². The van der Waals surface area contributed by atoms with E-state index in [2.05, 4.69) is 6.92 Å². The van der Waals surface area contributed by atoms with Crippen LogP contribution in [0, 0.1) is 5.92 Å². The lowest BCUT2D eigenvalue weighted by Gasteiger charge is -2.31. The average Bonchev–Trinajstić information content (AvgIpc) is 2.18. The number of hydrogen-bond donors (Lipinski definition) is 1. The van der Waals surface area contributed by atoms with Gasteiger partial charge in [-0.1, -0.05) is 26.2 Å². The van der Waals surface area contributed by atoms with Crippen molar-refractivity contribution in [3.63, 3.8) is 0 Å². The summed E-state index contributed by atoms with van der Waals surface area (Å²) in [6, 6.07) is 0.146. The lowest BCUT2D eigenvalue weighted by atomic mass is 9.81. The van der Waals surface area contributed by atoms with Gasteiger partial charge in [0.25, 0.3) is 0 Å². The minimum absolute atomic E-state index is 0.0408. The third-order valence-electron chi connectivity index (χ3n) is 3.51. The quantitative estimate of drug-likeness (QED) is 0.701. The van der Waals surface area contributed by atoms with Crippen molar-refractivity contribution >= 4 is 0 Å². The van der Waals surface area contributed by atoms with Crippen LogP contribution in [0.3, 0.4) is 0 Å². The van der Waals surface area contributed by atoms with Crippen LogP contribution in [-0.2, 0) is 0 Å². The van der Waals surface area contributed by atoms with Crippen molar-refractivity contribution in [1.29, 1.82) is 0 Å². The van der Waals surface area contributed by atoms with Crippen LogP contribution in [0.2, 0.25) is 0 Å². The molecule has 1 rings (SSSR count). The van der Waals surface area contributed by atoms with E-state index in [1.165, 1.54) is 12.8 Å². The van der Waals surface area contributed by atoms with E-state index in [1.807, 2.05) is 0 Å². The number of hydrogen-bond acceptors (Lipinski definition) is 1. The Kier molecular flexibility index (Phi) is 4.97. The normalized spacial score (nSPS) is 24.0. The summed E-state index contributed by atoms with van der Waals surface area (Å²) >= 11 is 0.